The summed E-state index contributed by atoms with van der Waals surface area (Å²) in [6.07, 6.45) is -0.0545. The van der Waals surface area contributed by atoms with Crippen molar-refractivity contribution >= 4 is 33.5 Å². The first-order chi connectivity index (χ1) is 6.02. The SMILES string of the molecule is Cc1ccc(Cl)c(CC(=O)O)c1Br. The zero-order chi connectivity index (χ0) is 10.0. The number of carboxylic acids is 1. The molecule has 0 amide bonds. The first kappa shape index (κ1) is 10.5. The lowest BCUT2D eigenvalue weighted by molar-refractivity contribution is -0.136. The monoisotopic (exact) mass is 262 g/mol. The standard InChI is InChI=1S/C9H8BrClO2/c1-5-2-3-7(11)6(9(5)10)4-8(12)13/h2-3H,4H2,1H3,(H,12,13). The van der Waals surface area contributed by atoms with E-state index < -0.39 is 5.97 Å². The van der Waals surface area contributed by atoms with Gasteiger partial charge in [-0.05, 0) is 24.1 Å². The number of halogens is 2. The summed E-state index contributed by atoms with van der Waals surface area (Å²) in [5.41, 5.74) is 1.62. The quantitative estimate of drug-likeness (QED) is 0.890. The maximum absolute atomic E-state index is 10.5. The van der Waals surface area contributed by atoms with Crippen molar-refractivity contribution in [3.05, 3.63) is 32.8 Å². The lowest BCUT2D eigenvalue weighted by atomic mass is 10.1. The van der Waals surface area contributed by atoms with Gasteiger partial charge in [0, 0.05) is 9.50 Å². The number of carboxylic acid groups (broad SMARTS) is 1. The van der Waals surface area contributed by atoms with Gasteiger partial charge in [0.25, 0.3) is 0 Å². The highest BCUT2D eigenvalue weighted by molar-refractivity contribution is 9.10. The van der Waals surface area contributed by atoms with E-state index >= 15 is 0 Å². The van der Waals surface area contributed by atoms with Gasteiger partial charge in [-0.2, -0.15) is 0 Å². The van der Waals surface area contributed by atoms with Gasteiger partial charge in [0.05, 0.1) is 6.42 Å². The summed E-state index contributed by atoms with van der Waals surface area (Å²) in [6, 6.07) is 3.55. The molecule has 0 aliphatic carbocycles. The van der Waals surface area contributed by atoms with E-state index in [0.29, 0.717) is 10.6 Å². The third-order valence-corrected chi connectivity index (χ3v) is 3.17. The number of rotatable bonds is 2. The minimum absolute atomic E-state index is 0.0545. The Kier molecular flexibility index (Phi) is 3.33. The predicted molar refractivity (Wildman–Crippen MR) is 55.2 cm³/mol. The normalized spacial score (nSPS) is 10.1. The molecule has 0 fully saturated rings. The van der Waals surface area contributed by atoms with Crippen molar-refractivity contribution in [3.8, 4) is 0 Å². The van der Waals surface area contributed by atoms with E-state index in [9.17, 15) is 4.79 Å². The molecule has 0 heterocycles. The van der Waals surface area contributed by atoms with Crippen molar-refractivity contribution in [1.82, 2.24) is 0 Å². The summed E-state index contributed by atoms with van der Waals surface area (Å²) in [5.74, 6) is -0.881. The molecule has 1 N–H and O–H groups in total. The fourth-order valence-corrected chi connectivity index (χ4v) is 1.85. The fraction of sp³-hybridized carbons (Fsp3) is 0.222. The van der Waals surface area contributed by atoms with Crippen molar-refractivity contribution in [1.29, 1.82) is 0 Å². The molecule has 13 heavy (non-hydrogen) atoms. The first-order valence-corrected chi connectivity index (χ1v) is 4.84. The highest BCUT2D eigenvalue weighted by Gasteiger charge is 2.10. The van der Waals surface area contributed by atoms with Crippen LogP contribution in [0.1, 0.15) is 11.1 Å². The number of benzene rings is 1. The summed E-state index contributed by atoms with van der Waals surface area (Å²) in [5, 5.41) is 9.11. The highest BCUT2D eigenvalue weighted by Crippen LogP contribution is 2.28. The molecule has 0 atom stereocenters. The molecule has 0 radical (unpaired) electrons. The van der Waals surface area contributed by atoms with Crippen LogP contribution in [-0.2, 0) is 11.2 Å². The third-order valence-electron chi connectivity index (χ3n) is 1.71. The van der Waals surface area contributed by atoms with Gasteiger partial charge >= 0.3 is 5.97 Å². The predicted octanol–water partition coefficient (Wildman–Crippen LogP) is 3.04. The van der Waals surface area contributed by atoms with Crippen LogP contribution in [0.15, 0.2) is 16.6 Å². The van der Waals surface area contributed by atoms with Crippen LogP contribution in [0.2, 0.25) is 5.02 Å². The molecule has 0 aliphatic heterocycles. The Labute approximate surface area is 89.7 Å². The maximum atomic E-state index is 10.5. The Morgan fingerprint density at radius 2 is 2.23 bits per heavy atom. The van der Waals surface area contributed by atoms with Gasteiger partial charge in [0.15, 0.2) is 0 Å². The van der Waals surface area contributed by atoms with Crippen LogP contribution in [0.3, 0.4) is 0 Å². The second kappa shape index (κ2) is 4.11. The average Bonchev–Trinajstić information content (AvgIpc) is 2.05. The van der Waals surface area contributed by atoms with Gasteiger partial charge < -0.3 is 5.11 Å². The zero-order valence-electron chi connectivity index (χ0n) is 6.97. The Morgan fingerprint density at radius 1 is 1.62 bits per heavy atom. The molecular formula is C9H8BrClO2. The Hall–Kier alpha value is -0.540. The van der Waals surface area contributed by atoms with E-state index in [0.717, 1.165) is 10.0 Å². The number of aryl methyl sites for hydroxylation is 1. The molecule has 1 rings (SSSR count). The Balaban J connectivity index is 3.17. The minimum Gasteiger partial charge on any atom is -0.481 e. The molecule has 2 nitrogen and oxygen atoms in total. The van der Waals surface area contributed by atoms with Gasteiger partial charge in [0.1, 0.15) is 0 Å². The number of aliphatic carboxylic acids is 1. The smallest absolute Gasteiger partial charge is 0.307 e. The number of carbonyl (C=O) groups is 1. The van der Waals surface area contributed by atoms with Crippen molar-refractivity contribution in [3.63, 3.8) is 0 Å². The largest absolute Gasteiger partial charge is 0.481 e. The molecule has 70 valence electrons. The lowest BCUT2D eigenvalue weighted by Gasteiger charge is -2.06. The summed E-state index contributed by atoms with van der Waals surface area (Å²) in [6.45, 7) is 1.89. The van der Waals surface area contributed by atoms with Crippen LogP contribution in [-0.4, -0.2) is 11.1 Å². The molecule has 0 spiro atoms. The molecule has 4 heteroatoms. The Morgan fingerprint density at radius 3 is 2.77 bits per heavy atom. The summed E-state index contributed by atoms with van der Waals surface area (Å²) >= 11 is 9.16. The fourth-order valence-electron chi connectivity index (χ4n) is 1.03. The van der Waals surface area contributed by atoms with Gasteiger partial charge in [-0.25, -0.2) is 0 Å². The van der Waals surface area contributed by atoms with Crippen LogP contribution in [0, 0.1) is 6.92 Å². The molecule has 1 aromatic rings. The maximum Gasteiger partial charge on any atom is 0.307 e. The van der Waals surface area contributed by atoms with Gasteiger partial charge in [-0.3, -0.25) is 4.79 Å². The number of hydrogen-bond donors (Lipinski definition) is 1. The number of hydrogen-bond acceptors (Lipinski definition) is 1. The molecule has 0 bridgehead atoms. The average molecular weight is 264 g/mol. The molecular weight excluding hydrogens is 255 g/mol. The topological polar surface area (TPSA) is 37.3 Å². The van der Waals surface area contributed by atoms with Gasteiger partial charge in [-0.1, -0.05) is 33.6 Å². The van der Waals surface area contributed by atoms with E-state index in [2.05, 4.69) is 15.9 Å². The van der Waals surface area contributed by atoms with Crippen molar-refractivity contribution in [2.75, 3.05) is 0 Å². The van der Waals surface area contributed by atoms with Crippen LogP contribution in [0.25, 0.3) is 0 Å². The van der Waals surface area contributed by atoms with Crippen LogP contribution < -0.4 is 0 Å². The van der Waals surface area contributed by atoms with E-state index in [1.54, 1.807) is 6.07 Å². The van der Waals surface area contributed by atoms with Crippen LogP contribution >= 0.6 is 27.5 Å². The van der Waals surface area contributed by atoms with E-state index in [4.69, 9.17) is 16.7 Å². The van der Waals surface area contributed by atoms with E-state index in [-0.39, 0.29) is 6.42 Å². The second-order valence-electron chi connectivity index (χ2n) is 2.73. The van der Waals surface area contributed by atoms with Gasteiger partial charge in [-0.15, -0.1) is 0 Å². The minimum atomic E-state index is -0.881. The van der Waals surface area contributed by atoms with Crippen LogP contribution in [0.5, 0.6) is 0 Å². The molecule has 0 aromatic heterocycles. The third kappa shape index (κ3) is 2.45. The van der Waals surface area contributed by atoms with Crippen LogP contribution in [0.4, 0.5) is 0 Å². The molecule has 0 unspecified atom stereocenters. The first-order valence-electron chi connectivity index (χ1n) is 3.67. The summed E-state index contributed by atoms with van der Waals surface area (Å²) < 4.78 is 0.780. The summed E-state index contributed by atoms with van der Waals surface area (Å²) in [7, 11) is 0. The molecule has 1 aromatic carbocycles. The van der Waals surface area contributed by atoms with Crippen molar-refractivity contribution < 1.29 is 9.90 Å². The molecule has 0 saturated carbocycles. The lowest BCUT2D eigenvalue weighted by Crippen LogP contribution is -2.02. The van der Waals surface area contributed by atoms with E-state index in [1.165, 1.54) is 0 Å². The molecule has 0 saturated heterocycles. The highest BCUT2D eigenvalue weighted by atomic mass is 79.9. The zero-order valence-corrected chi connectivity index (χ0v) is 9.32. The summed E-state index contributed by atoms with van der Waals surface area (Å²) in [4.78, 5) is 10.5. The molecule has 0 aliphatic rings. The van der Waals surface area contributed by atoms with Crippen molar-refractivity contribution in [2.24, 2.45) is 0 Å². The second-order valence-corrected chi connectivity index (χ2v) is 3.93. The van der Waals surface area contributed by atoms with Crippen molar-refractivity contribution in [2.45, 2.75) is 13.3 Å². The van der Waals surface area contributed by atoms with Gasteiger partial charge in [0.2, 0.25) is 0 Å². The Bertz CT molecular complexity index is 350. The van der Waals surface area contributed by atoms with E-state index in [1.807, 2.05) is 13.0 Å².